The van der Waals surface area contributed by atoms with Gasteiger partial charge in [-0.1, -0.05) is 12.1 Å². The molecular weight excluding hydrogens is 348 g/mol. The first-order chi connectivity index (χ1) is 12.9. The highest BCUT2D eigenvalue weighted by molar-refractivity contribution is 5.75. The molecule has 1 amide bonds. The number of likely N-dealkylation sites (N-methyl/N-ethyl adjacent to an activating group) is 1. The fraction of sp³-hybridized carbons (Fsp3) is 0.368. The fourth-order valence-corrected chi connectivity index (χ4v) is 2.82. The van der Waals surface area contributed by atoms with Crippen LogP contribution in [0.4, 0.5) is 0 Å². The predicted molar refractivity (Wildman–Crippen MR) is 96.7 cm³/mol. The van der Waals surface area contributed by atoms with Crippen LogP contribution in [0.2, 0.25) is 0 Å². The number of aryl methyl sites for hydroxylation is 1. The van der Waals surface area contributed by atoms with Crippen LogP contribution >= 0.6 is 0 Å². The van der Waals surface area contributed by atoms with E-state index in [2.05, 4.69) is 5.10 Å². The number of fused-ring (bicyclic) bond motifs is 1. The van der Waals surface area contributed by atoms with Crippen molar-refractivity contribution >= 4 is 5.91 Å². The zero-order valence-electron chi connectivity index (χ0n) is 15.4. The Morgan fingerprint density at radius 3 is 2.78 bits per heavy atom. The number of nitrogens with zero attached hydrogens (tertiary/aromatic N) is 4. The maximum Gasteiger partial charge on any atom is 0.285 e. The number of carbonyl (C=O) groups excluding carboxylic acids is 1. The predicted octanol–water partition coefficient (Wildman–Crippen LogP) is 1.03. The second-order valence-electron chi connectivity index (χ2n) is 6.43. The number of benzene rings is 1. The number of rotatable bonds is 4. The molecule has 8 heteroatoms. The maximum absolute atomic E-state index is 12.5. The molecule has 2 aromatic rings. The Balaban J connectivity index is 1.68. The number of nitriles is 1. The van der Waals surface area contributed by atoms with Gasteiger partial charge in [-0.2, -0.15) is 10.4 Å². The zero-order chi connectivity index (χ0) is 19.6. The molecule has 0 aliphatic carbocycles. The number of amides is 1. The van der Waals surface area contributed by atoms with Gasteiger partial charge in [0.15, 0.2) is 17.6 Å². The molecule has 1 aromatic heterocycles. The molecular formula is C19H20N4O4. The Morgan fingerprint density at radius 2 is 2.07 bits per heavy atom. The van der Waals surface area contributed by atoms with Gasteiger partial charge in [0.05, 0.1) is 12.2 Å². The maximum atomic E-state index is 12.5. The molecule has 0 bridgehead atoms. The van der Waals surface area contributed by atoms with Crippen molar-refractivity contribution < 1.29 is 14.3 Å². The minimum absolute atomic E-state index is 0.0126. The van der Waals surface area contributed by atoms with Gasteiger partial charge in [0, 0.05) is 7.05 Å². The van der Waals surface area contributed by atoms with Crippen LogP contribution in [0.5, 0.6) is 11.5 Å². The van der Waals surface area contributed by atoms with Crippen molar-refractivity contribution in [2.45, 2.75) is 26.5 Å². The van der Waals surface area contributed by atoms with Crippen LogP contribution in [-0.2, 0) is 11.3 Å². The van der Waals surface area contributed by atoms with Gasteiger partial charge in [-0.05, 0) is 31.5 Å². The van der Waals surface area contributed by atoms with Crippen molar-refractivity contribution in [1.82, 2.24) is 14.7 Å². The summed E-state index contributed by atoms with van der Waals surface area (Å²) in [6.45, 7) is 3.76. The summed E-state index contributed by atoms with van der Waals surface area (Å²) in [4.78, 5) is 26.3. The largest absolute Gasteiger partial charge is 0.486 e. The summed E-state index contributed by atoms with van der Waals surface area (Å²) in [6, 6.07) is 9.24. The van der Waals surface area contributed by atoms with Crippen molar-refractivity contribution in [3.05, 3.63) is 51.4 Å². The van der Waals surface area contributed by atoms with E-state index in [0.717, 1.165) is 4.68 Å². The summed E-state index contributed by atoms with van der Waals surface area (Å²) < 4.78 is 12.5. The minimum Gasteiger partial charge on any atom is -0.486 e. The van der Waals surface area contributed by atoms with Crippen molar-refractivity contribution in [3.8, 4) is 17.6 Å². The lowest BCUT2D eigenvalue weighted by Crippen LogP contribution is -2.44. The van der Waals surface area contributed by atoms with Gasteiger partial charge in [0.25, 0.3) is 5.56 Å². The highest BCUT2D eigenvalue weighted by Gasteiger charge is 2.24. The number of ether oxygens (including phenoxy) is 2. The van der Waals surface area contributed by atoms with E-state index in [1.165, 1.54) is 4.90 Å². The van der Waals surface area contributed by atoms with E-state index in [-0.39, 0.29) is 24.1 Å². The van der Waals surface area contributed by atoms with E-state index < -0.39 is 5.56 Å². The molecule has 140 valence electrons. The number of aromatic nitrogens is 2. The number of hydrogen-bond donors (Lipinski definition) is 0. The smallest absolute Gasteiger partial charge is 0.285 e. The molecule has 0 radical (unpaired) electrons. The van der Waals surface area contributed by atoms with Crippen LogP contribution in [0.15, 0.2) is 29.1 Å². The molecule has 1 aromatic carbocycles. The summed E-state index contributed by atoms with van der Waals surface area (Å²) in [5, 5.41) is 13.3. The highest BCUT2D eigenvalue weighted by atomic mass is 16.6. The summed E-state index contributed by atoms with van der Waals surface area (Å²) >= 11 is 0. The topological polar surface area (TPSA) is 97.4 Å². The quantitative estimate of drug-likeness (QED) is 0.800. The Kier molecular flexibility index (Phi) is 5.12. The third kappa shape index (κ3) is 3.77. The summed E-state index contributed by atoms with van der Waals surface area (Å²) in [5.74, 6) is 1.01. The average Bonchev–Trinajstić information content (AvgIpc) is 2.66. The third-order valence-corrected chi connectivity index (χ3v) is 4.50. The summed E-state index contributed by atoms with van der Waals surface area (Å²) in [7, 11) is 1.63. The van der Waals surface area contributed by atoms with E-state index in [9.17, 15) is 14.9 Å². The SMILES string of the molecule is Cc1nn(CC(=O)N(C)C[C@H]2COc3ccccc3O2)c(=O)c(C#N)c1C. The van der Waals surface area contributed by atoms with Gasteiger partial charge >= 0.3 is 0 Å². The molecule has 1 atom stereocenters. The van der Waals surface area contributed by atoms with E-state index in [4.69, 9.17) is 9.47 Å². The lowest BCUT2D eigenvalue weighted by atomic mass is 10.1. The number of para-hydroxylation sites is 2. The van der Waals surface area contributed by atoms with Gasteiger partial charge in [-0.3, -0.25) is 9.59 Å². The van der Waals surface area contributed by atoms with Crippen molar-refractivity contribution in [2.75, 3.05) is 20.2 Å². The summed E-state index contributed by atoms with van der Waals surface area (Å²) in [6.07, 6.45) is -0.312. The standard InChI is InChI=1S/C19H20N4O4/c1-12-13(2)21-23(19(25)15(12)8-20)10-18(24)22(3)9-14-11-26-16-6-4-5-7-17(16)27-14/h4-7,14H,9-11H2,1-3H3/t14-/m0/s1. The number of hydrogen-bond acceptors (Lipinski definition) is 6. The minimum atomic E-state index is -0.562. The molecule has 0 saturated heterocycles. The molecule has 0 unspecified atom stereocenters. The summed E-state index contributed by atoms with van der Waals surface area (Å²) in [5.41, 5.74) is 0.528. The Hall–Kier alpha value is -3.34. The Bertz CT molecular complexity index is 977. The number of carbonyl (C=O) groups is 1. The monoisotopic (exact) mass is 368 g/mol. The van der Waals surface area contributed by atoms with Gasteiger partial charge in [0.2, 0.25) is 5.91 Å². The lowest BCUT2D eigenvalue weighted by Gasteiger charge is -2.29. The molecule has 3 rings (SSSR count). The first-order valence-electron chi connectivity index (χ1n) is 8.51. The normalized spacial score (nSPS) is 15.1. The van der Waals surface area contributed by atoms with Gasteiger partial charge < -0.3 is 14.4 Å². The van der Waals surface area contributed by atoms with E-state index in [1.807, 2.05) is 30.3 Å². The Morgan fingerprint density at radius 1 is 1.37 bits per heavy atom. The van der Waals surface area contributed by atoms with Crippen LogP contribution in [0, 0.1) is 25.2 Å². The second kappa shape index (κ2) is 7.50. The van der Waals surface area contributed by atoms with Crippen LogP contribution in [0.25, 0.3) is 0 Å². The van der Waals surface area contributed by atoms with Crippen LogP contribution in [0.1, 0.15) is 16.8 Å². The second-order valence-corrected chi connectivity index (χ2v) is 6.43. The molecule has 1 aliphatic rings. The lowest BCUT2D eigenvalue weighted by molar-refractivity contribution is -0.132. The van der Waals surface area contributed by atoms with Crippen molar-refractivity contribution in [2.24, 2.45) is 0 Å². The molecule has 8 nitrogen and oxygen atoms in total. The van der Waals surface area contributed by atoms with Crippen LogP contribution < -0.4 is 15.0 Å². The van der Waals surface area contributed by atoms with Crippen LogP contribution in [0.3, 0.4) is 0 Å². The molecule has 0 saturated carbocycles. The molecule has 0 fully saturated rings. The third-order valence-electron chi connectivity index (χ3n) is 4.50. The zero-order valence-corrected chi connectivity index (χ0v) is 15.4. The van der Waals surface area contributed by atoms with Crippen molar-refractivity contribution in [3.63, 3.8) is 0 Å². The van der Waals surface area contributed by atoms with Gasteiger partial charge in [-0.15, -0.1) is 0 Å². The average molecular weight is 368 g/mol. The highest BCUT2D eigenvalue weighted by Crippen LogP contribution is 2.30. The van der Waals surface area contributed by atoms with E-state index >= 15 is 0 Å². The van der Waals surface area contributed by atoms with Crippen LogP contribution in [-0.4, -0.2) is 46.9 Å². The van der Waals surface area contributed by atoms with Crippen molar-refractivity contribution in [1.29, 1.82) is 5.26 Å². The van der Waals surface area contributed by atoms with Gasteiger partial charge in [0.1, 0.15) is 24.8 Å². The molecule has 1 aliphatic heterocycles. The molecule has 2 heterocycles. The Labute approximate surface area is 156 Å². The van der Waals surface area contributed by atoms with E-state index in [0.29, 0.717) is 35.9 Å². The first-order valence-corrected chi connectivity index (χ1v) is 8.51. The van der Waals surface area contributed by atoms with E-state index in [1.54, 1.807) is 20.9 Å². The molecule has 0 spiro atoms. The first kappa shape index (κ1) is 18.5. The molecule has 27 heavy (non-hydrogen) atoms. The fourth-order valence-electron chi connectivity index (χ4n) is 2.82. The van der Waals surface area contributed by atoms with Gasteiger partial charge in [-0.25, -0.2) is 4.68 Å². The molecule has 0 N–H and O–H groups in total.